The molecule has 0 saturated carbocycles. The second kappa shape index (κ2) is 8.69. The van der Waals surface area contributed by atoms with Crippen molar-refractivity contribution in [1.29, 1.82) is 0 Å². The first-order valence-corrected chi connectivity index (χ1v) is 9.88. The van der Waals surface area contributed by atoms with Gasteiger partial charge in [-0.1, -0.05) is 42.5 Å². The molecule has 158 valence electrons. The first kappa shape index (κ1) is 20.7. The van der Waals surface area contributed by atoms with Crippen molar-refractivity contribution in [1.82, 2.24) is 0 Å². The third-order valence-electron chi connectivity index (χ3n) is 5.11. The van der Waals surface area contributed by atoms with Crippen molar-refractivity contribution >= 4 is 39.6 Å². The summed E-state index contributed by atoms with van der Waals surface area (Å²) in [6, 6.07) is 24.2. The lowest BCUT2D eigenvalue weighted by atomic mass is 10.1. The molecule has 0 spiro atoms. The maximum atomic E-state index is 12.7. The van der Waals surface area contributed by atoms with Gasteiger partial charge < -0.3 is 10.6 Å². The van der Waals surface area contributed by atoms with Crippen molar-refractivity contribution < 1.29 is 14.5 Å². The molecule has 2 N–H and O–H groups in total. The number of nitrogens with one attached hydrogen (secondary N) is 2. The summed E-state index contributed by atoms with van der Waals surface area (Å²) in [6.07, 6.45) is 0. The molecule has 0 aliphatic rings. The lowest BCUT2D eigenvalue weighted by molar-refractivity contribution is -0.385. The summed E-state index contributed by atoms with van der Waals surface area (Å²) >= 11 is 0. The van der Waals surface area contributed by atoms with Crippen LogP contribution < -0.4 is 10.6 Å². The number of rotatable bonds is 5. The largest absolute Gasteiger partial charge is 0.322 e. The van der Waals surface area contributed by atoms with E-state index in [1.807, 2.05) is 42.5 Å². The van der Waals surface area contributed by atoms with Crippen LogP contribution in [0, 0.1) is 17.0 Å². The molecular formula is C25H19N3O4. The van der Waals surface area contributed by atoms with Gasteiger partial charge in [0.05, 0.1) is 4.92 Å². The number of fused-ring (bicyclic) bond motifs is 1. The van der Waals surface area contributed by atoms with Crippen molar-refractivity contribution in [3.8, 4) is 0 Å². The SMILES string of the molecule is Cc1ccc(C(=O)Nc2ccc(C(=O)Nc3cccc4ccccc34)cc2)cc1[N+](=O)[O-]. The number of carbonyl (C=O) groups is 2. The van der Waals surface area contributed by atoms with Gasteiger partial charge in [-0.25, -0.2) is 0 Å². The minimum absolute atomic E-state index is 0.113. The van der Waals surface area contributed by atoms with Crippen LogP contribution in [0.15, 0.2) is 84.9 Å². The molecule has 0 bridgehead atoms. The van der Waals surface area contributed by atoms with Crippen molar-refractivity contribution in [2.24, 2.45) is 0 Å². The summed E-state index contributed by atoms with van der Waals surface area (Å²) in [5.41, 5.74) is 2.17. The Bertz CT molecular complexity index is 1340. The zero-order valence-corrected chi connectivity index (χ0v) is 17.2. The van der Waals surface area contributed by atoms with E-state index in [-0.39, 0.29) is 17.2 Å². The highest BCUT2D eigenvalue weighted by Crippen LogP contribution is 2.24. The lowest BCUT2D eigenvalue weighted by Crippen LogP contribution is -2.14. The normalized spacial score (nSPS) is 10.5. The number of benzene rings is 4. The van der Waals surface area contributed by atoms with Gasteiger partial charge in [-0.05, 0) is 48.7 Å². The summed E-state index contributed by atoms with van der Waals surface area (Å²) in [4.78, 5) is 35.7. The van der Waals surface area contributed by atoms with E-state index >= 15 is 0 Å². The van der Waals surface area contributed by atoms with Gasteiger partial charge in [-0.2, -0.15) is 0 Å². The molecule has 2 amide bonds. The molecular weight excluding hydrogens is 406 g/mol. The van der Waals surface area contributed by atoms with Gasteiger partial charge in [-0.15, -0.1) is 0 Å². The van der Waals surface area contributed by atoms with Crippen molar-refractivity contribution in [3.63, 3.8) is 0 Å². The van der Waals surface area contributed by atoms with Crippen LogP contribution in [0.25, 0.3) is 10.8 Å². The topological polar surface area (TPSA) is 101 Å². The van der Waals surface area contributed by atoms with Crippen LogP contribution in [0.4, 0.5) is 17.1 Å². The van der Waals surface area contributed by atoms with Crippen molar-refractivity contribution in [3.05, 3.63) is 112 Å². The summed E-state index contributed by atoms with van der Waals surface area (Å²) in [6.45, 7) is 1.61. The fourth-order valence-electron chi connectivity index (χ4n) is 3.38. The number of nitrogens with zero attached hydrogens (tertiary/aromatic N) is 1. The van der Waals surface area contributed by atoms with Crippen molar-refractivity contribution in [2.45, 2.75) is 6.92 Å². The predicted octanol–water partition coefficient (Wildman–Crippen LogP) is 5.56. The monoisotopic (exact) mass is 425 g/mol. The van der Waals surface area contributed by atoms with E-state index in [1.54, 1.807) is 31.2 Å². The molecule has 0 aliphatic carbocycles. The molecule has 4 aromatic carbocycles. The molecule has 0 saturated heterocycles. The van der Waals surface area contributed by atoms with Crippen LogP contribution in [-0.2, 0) is 0 Å². The minimum Gasteiger partial charge on any atom is -0.322 e. The first-order chi connectivity index (χ1) is 15.4. The van der Waals surface area contributed by atoms with E-state index in [2.05, 4.69) is 10.6 Å². The molecule has 0 atom stereocenters. The Kier molecular flexibility index (Phi) is 5.63. The highest BCUT2D eigenvalue weighted by Gasteiger charge is 2.15. The quantitative estimate of drug-likeness (QED) is 0.323. The van der Waals surface area contributed by atoms with Gasteiger partial charge in [0.25, 0.3) is 17.5 Å². The number of anilines is 2. The van der Waals surface area contributed by atoms with Crippen LogP contribution in [0.5, 0.6) is 0 Å². The van der Waals surface area contributed by atoms with E-state index in [0.717, 1.165) is 10.8 Å². The summed E-state index contributed by atoms with van der Waals surface area (Å²) in [5, 5.41) is 18.7. The van der Waals surface area contributed by atoms with Gasteiger partial charge in [0.1, 0.15) is 0 Å². The number of amides is 2. The maximum absolute atomic E-state index is 12.7. The molecule has 4 aromatic rings. The molecule has 4 rings (SSSR count). The first-order valence-electron chi connectivity index (χ1n) is 9.88. The maximum Gasteiger partial charge on any atom is 0.273 e. The number of nitro groups is 1. The van der Waals surface area contributed by atoms with E-state index in [9.17, 15) is 19.7 Å². The van der Waals surface area contributed by atoms with E-state index in [0.29, 0.717) is 22.5 Å². The Hall–Kier alpha value is -4.52. The average Bonchev–Trinajstić information content (AvgIpc) is 2.80. The molecule has 0 radical (unpaired) electrons. The molecule has 0 aromatic heterocycles. The fourth-order valence-corrected chi connectivity index (χ4v) is 3.38. The van der Waals surface area contributed by atoms with Gasteiger partial charge >= 0.3 is 0 Å². The van der Waals surface area contributed by atoms with Crippen LogP contribution in [0.3, 0.4) is 0 Å². The van der Waals surface area contributed by atoms with Crippen LogP contribution in [0.1, 0.15) is 26.3 Å². The van der Waals surface area contributed by atoms with Crippen LogP contribution >= 0.6 is 0 Å². The highest BCUT2D eigenvalue weighted by molar-refractivity contribution is 6.09. The van der Waals surface area contributed by atoms with E-state index < -0.39 is 10.8 Å². The summed E-state index contributed by atoms with van der Waals surface area (Å²) in [7, 11) is 0. The smallest absolute Gasteiger partial charge is 0.273 e. The standard InChI is InChI=1S/C25H19N3O4/c1-16-9-10-19(15-23(16)28(31)32)25(30)26-20-13-11-18(12-14-20)24(29)27-22-8-4-6-17-5-2-3-7-21(17)22/h2-15H,1H3,(H,26,30)(H,27,29). The van der Waals surface area contributed by atoms with Gasteiger partial charge in [0.15, 0.2) is 0 Å². The molecule has 0 fully saturated rings. The Morgan fingerprint density at radius 3 is 2.19 bits per heavy atom. The number of hydrogen-bond acceptors (Lipinski definition) is 4. The van der Waals surface area contributed by atoms with Gasteiger partial charge in [0.2, 0.25) is 0 Å². The Morgan fingerprint density at radius 1 is 0.781 bits per heavy atom. The highest BCUT2D eigenvalue weighted by atomic mass is 16.6. The third kappa shape index (κ3) is 4.32. The Labute approximate surface area is 183 Å². The number of nitro benzene ring substituents is 1. The third-order valence-corrected chi connectivity index (χ3v) is 5.11. The molecule has 0 heterocycles. The zero-order valence-electron chi connectivity index (χ0n) is 17.2. The number of carbonyl (C=O) groups excluding carboxylic acids is 2. The van der Waals surface area contributed by atoms with Crippen molar-refractivity contribution in [2.75, 3.05) is 10.6 Å². The number of aryl methyl sites for hydroxylation is 1. The molecule has 7 heteroatoms. The Morgan fingerprint density at radius 2 is 1.44 bits per heavy atom. The molecule has 32 heavy (non-hydrogen) atoms. The Balaban J connectivity index is 1.47. The average molecular weight is 425 g/mol. The minimum atomic E-state index is -0.518. The second-order valence-electron chi connectivity index (χ2n) is 7.27. The fraction of sp³-hybridized carbons (Fsp3) is 0.0400. The second-order valence-corrected chi connectivity index (χ2v) is 7.27. The lowest BCUT2D eigenvalue weighted by Gasteiger charge is -2.10. The zero-order chi connectivity index (χ0) is 22.7. The van der Waals surface area contributed by atoms with Crippen LogP contribution in [0.2, 0.25) is 0 Å². The number of hydrogen-bond donors (Lipinski definition) is 2. The summed E-state index contributed by atoms with van der Waals surface area (Å²) in [5.74, 6) is -0.741. The van der Waals surface area contributed by atoms with E-state index in [4.69, 9.17) is 0 Å². The van der Waals surface area contributed by atoms with Crippen LogP contribution in [-0.4, -0.2) is 16.7 Å². The predicted molar refractivity (Wildman–Crippen MR) is 124 cm³/mol. The summed E-state index contributed by atoms with van der Waals surface area (Å²) < 4.78 is 0. The van der Waals surface area contributed by atoms with Gasteiger partial charge in [-0.3, -0.25) is 19.7 Å². The molecule has 0 aliphatic heterocycles. The van der Waals surface area contributed by atoms with E-state index in [1.165, 1.54) is 18.2 Å². The molecule has 0 unspecified atom stereocenters. The molecule has 7 nitrogen and oxygen atoms in total. The van der Waals surface area contributed by atoms with Gasteiger partial charge in [0, 0.05) is 39.5 Å².